The summed E-state index contributed by atoms with van der Waals surface area (Å²) in [7, 11) is 0. The number of benzene rings is 2. The second-order valence-corrected chi connectivity index (χ2v) is 7.84. The molecule has 0 aliphatic heterocycles. The van der Waals surface area contributed by atoms with Gasteiger partial charge in [0, 0.05) is 28.2 Å². The molecule has 0 aliphatic carbocycles. The highest BCUT2D eigenvalue weighted by Crippen LogP contribution is 2.28. The van der Waals surface area contributed by atoms with E-state index in [9.17, 15) is 5.26 Å². The quantitative estimate of drug-likeness (QED) is 0.414. The van der Waals surface area contributed by atoms with Gasteiger partial charge in [-0.15, -0.1) is 11.3 Å². The Morgan fingerprint density at radius 2 is 1.90 bits per heavy atom. The number of aryl methyl sites for hydroxylation is 3. The van der Waals surface area contributed by atoms with Gasteiger partial charge in [0.1, 0.15) is 16.6 Å². The number of nitrogens with one attached hydrogen (secondary N) is 1. The van der Waals surface area contributed by atoms with Gasteiger partial charge in [-0.25, -0.2) is 4.98 Å². The maximum Gasteiger partial charge on any atom is 0.136 e. The maximum absolute atomic E-state index is 9.67. The van der Waals surface area contributed by atoms with Crippen LogP contribution in [0.3, 0.4) is 0 Å². The molecule has 0 saturated heterocycles. The molecule has 0 bridgehead atoms. The molecular formula is C24H20N4S. The van der Waals surface area contributed by atoms with Crippen molar-refractivity contribution in [3.8, 4) is 17.3 Å². The largest absolute Gasteiger partial charge is 0.359 e. The van der Waals surface area contributed by atoms with Gasteiger partial charge < -0.3 is 5.32 Å². The van der Waals surface area contributed by atoms with Crippen LogP contribution < -0.4 is 5.32 Å². The number of hydrogen-bond donors (Lipinski definition) is 1. The number of nitriles is 1. The lowest BCUT2D eigenvalue weighted by molar-refractivity contribution is 1.25. The van der Waals surface area contributed by atoms with Gasteiger partial charge in [0.05, 0.1) is 16.9 Å². The van der Waals surface area contributed by atoms with Crippen molar-refractivity contribution in [2.45, 2.75) is 20.8 Å². The number of fused-ring (bicyclic) bond motifs is 1. The average Bonchev–Trinajstić information content (AvgIpc) is 3.21. The van der Waals surface area contributed by atoms with Crippen LogP contribution in [0.4, 0.5) is 5.69 Å². The zero-order valence-corrected chi connectivity index (χ0v) is 17.3. The Labute approximate surface area is 174 Å². The zero-order valence-electron chi connectivity index (χ0n) is 16.5. The molecule has 2 aromatic heterocycles. The fourth-order valence-corrected chi connectivity index (χ4v) is 3.88. The number of allylic oxidation sites excluding steroid dienone is 1. The molecule has 0 fully saturated rings. The minimum atomic E-state index is 0.495. The molecule has 4 aromatic rings. The first-order chi connectivity index (χ1) is 14.0. The summed E-state index contributed by atoms with van der Waals surface area (Å²) in [5, 5.41) is 16.7. The molecule has 0 atom stereocenters. The number of anilines is 1. The topological polar surface area (TPSA) is 61.6 Å². The first-order valence-corrected chi connectivity index (χ1v) is 10.2. The molecule has 4 nitrogen and oxygen atoms in total. The van der Waals surface area contributed by atoms with Crippen LogP contribution in [0.25, 0.3) is 27.7 Å². The van der Waals surface area contributed by atoms with E-state index in [2.05, 4.69) is 59.5 Å². The minimum absolute atomic E-state index is 0.495. The molecule has 29 heavy (non-hydrogen) atoms. The summed E-state index contributed by atoms with van der Waals surface area (Å²) in [5.74, 6) is 0. The molecule has 2 heterocycles. The summed E-state index contributed by atoms with van der Waals surface area (Å²) in [6.45, 7) is 6.16. The Hall–Kier alpha value is -3.49. The van der Waals surface area contributed by atoms with Crippen molar-refractivity contribution < 1.29 is 0 Å². The third-order valence-electron chi connectivity index (χ3n) is 4.89. The molecule has 0 spiro atoms. The van der Waals surface area contributed by atoms with Crippen molar-refractivity contribution >= 4 is 33.5 Å². The highest BCUT2D eigenvalue weighted by Gasteiger charge is 2.10. The molecule has 5 heteroatoms. The second kappa shape index (κ2) is 7.86. The maximum atomic E-state index is 9.67. The van der Waals surface area contributed by atoms with Gasteiger partial charge in [-0.1, -0.05) is 30.3 Å². The number of aromatic nitrogens is 2. The lowest BCUT2D eigenvalue weighted by Crippen LogP contribution is -1.94. The zero-order chi connectivity index (χ0) is 20.4. The van der Waals surface area contributed by atoms with Crippen molar-refractivity contribution in [1.29, 1.82) is 5.26 Å². The van der Waals surface area contributed by atoms with Crippen molar-refractivity contribution in [3.63, 3.8) is 0 Å². The van der Waals surface area contributed by atoms with E-state index >= 15 is 0 Å². The van der Waals surface area contributed by atoms with Crippen molar-refractivity contribution in [2.75, 3.05) is 5.32 Å². The van der Waals surface area contributed by atoms with Crippen LogP contribution in [0.1, 0.15) is 21.8 Å². The Morgan fingerprint density at radius 1 is 1.03 bits per heavy atom. The number of pyridine rings is 1. The van der Waals surface area contributed by atoms with Gasteiger partial charge in [0.2, 0.25) is 0 Å². The van der Waals surface area contributed by atoms with Gasteiger partial charge in [-0.3, -0.25) is 4.98 Å². The Kier molecular flexibility index (Phi) is 5.11. The van der Waals surface area contributed by atoms with Gasteiger partial charge in [-0.2, -0.15) is 5.26 Å². The fraction of sp³-hybridized carbons (Fsp3) is 0.125. The normalized spacial score (nSPS) is 11.4. The summed E-state index contributed by atoms with van der Waals surface area (Å²) in [6.07, 6.45) is 1.71. The van der Waals surface area contributed by atoms with Crippen molar-refractivity contribution in [1.82, 2.24) is 9.97 Å². The van der Waals surface area contributed by atoms with E-state index in [4.69, 9.17) is 0 Å². The predicted molar refractivity (Wildman–Crippen MR) is 121 cm³/mol. The van der Waals surface area contributed by atoms with E-state index in [0.29, 0.717) is 10.6 Å². The highest BCUT2D eigenvalue weighted by atomic mass is 32.1. The molecule has 0 aliphatic rings. The van der Waals surface area contributed by atoms with Gasteiger partial charge in [0.25, 0.3) is 0 Å². The molecular weight excluding hydrogens is 376 g/mol. The Balaban J connectivity index is 1.64. The molecule has 0 radical (unpaired) electrons. The average molecular weight is 397 g/mol. The molecule has 2 aromatic carbocycles. The van der Waals surface area contributed by atoms with Crippen LogP contribution in [-0.2, 0) is 0 Å². The van der Waals surface area contributed by atoms with Crippen LogP contribution in [0.15, 0.2) is 60.1 Å². The molecule has 1 N–H and O–H groups in total. The van der Waals surface area contributed by atoms with Crippen LogP contribution in [0.2, 0.25) is 0 Å². The number of rotatable bonds is 4. The molecule has 0 saturated carbocycles. The van der Waals surface area contributed by atoms with Crippen LogP contribution >= 0.6 is 11.3 Å². The predicted octanol–water partition coefficient (Wildman–Crippen LogP) is 6.26. The molecule has 142 valence electrons. The summed E-state index contributed by atoms with van der Waals surface area (Å²) in [5.41, 5.74) is 7.63. The standard InChI is InChI=1S/C24H20N4S/c1-15-7-9-19(11-16(15)2)22-14-29-24(28-22)20(12-25)13-26-21-6-4-5-18-10-8-17(3)27-23(18)21/h4-11,13-14,26H,1-3H3/b20-13+. The van der Waals surface area contributed by atoms with Crippen LogP contribution in [0.5, 0.6) is 0 Å². The molecule has 4 rings (SSSR count). The van der Waals surface area contributed by atoms with E-state index in [0.717, 1.165) is 33.5 Å². The smallest absolute Gasteiger partial charge is 0.136 e. The fourth-order valence-electron chi connectivity index (χ4n) is 3.08. The van der Waals surface area contributed by atoms with Gasteiger partial charge in [-0.05, 0) is 50.1 Å². The van der Waals surface area contributed by atoms with E-state index in [-0.39, 0.29) is 0 Å². The van der Waals surface area contributed by atoms with E-state index in [1.165, 1.54) is 22.5 Å². The Bertz CT molecular complexity index is 1280. The summed E-state index contributed by atoms with van der Waals surface area (Å²) in [4.78, 5) is 9.31. The summed E-state index contributed by atoms with van der Waals surface area (Å²) >= 11 is 1.47. The summed E-state index contributed by atoms with van der Waals surface area (Å²) < 4.78 is 0. The van der Waals surface area contributed by atoms with E-state index in [1.54, 1.807) is 6.20 Å². The van der Waals surface area contributed by atoms with Crippen LogP contribution in [0, 0.1) is 32.1 Å². The SMILES string of the molecule is Cc1ccc2cccc(N/C=C(\C#N)c3nc(-c4ccc(C)c(C)c4)cs3)c2n1. The molecule has 0 unspecified atom stereocenters. The van der Waals surface area contributed by atoms with E-state index < -0.39 is 0 Å². The first-order valence-electron chi connectivity index (χ1n) is 9.32. The lowest BCUT2D eigenvalue weighted by Gasteiger charge is -2.06. The highest BCUT2D eigenvalue weighted by molar-refractivity contribution is 7.11. The Morgan fingerprint density at radius 3 is 2.69 bits per heavy atom. The second-order valence-electron chi connectivity index (χ2n) is 6.98. The van der Waals surface area contributed by atoms with Gasteiger partial charge >= 0.3 is 0 Å². The number of nitrogens with zero attached hydrogens (tertiary/aromatic N) is 3. The van der Waals surface area contributed by atoms with Crippen molar-refractivity contribution in [3.05, 3.63) is 81.9 Å². The van der Waals surface area contributed by atoms with E-state index in [1.807, 2.05) is 36.6 Å². The number of thiazole rings is 1. The minimum Gasteiger partial charge on any atom is -0.359 e. The third kappa shape index (κ3) is 3.89. The third-order valence-corrected chi connectivity index (χ3v) is 5.76. The number of para-hydroxylation sites is 1. The molecule has 0 amide bonds. The van der Waals surface area contributed by atoms with Gasteiger partial charge in [0.15, 0.2) is 0 Å². The number of hydrogen-bond acceptors (Lipinski definition) is 5. The summed E-state index contributed by atoms with van der Waals surface area (Å²) in [6, 6.07) is 18.6. The van der Waals surface area contributed by atoms with Crippen LogP contribution in [-0.4, -0.2) is 9.97 Å². The van der Waals surface area contributed by atoms with Crippen molar-refractivity contribution in [2.24, 2.45) is 0 Å². The monoisotopic (exact) mass is 396 g/mol. The first kappa shape index (κ1) is 18.9. The lowest BCUT2D eigenvalue weighted by atomic mass is 10.1.